The van der Waals surface area contributed by atoms with Crippen molar-refractivity contribution >= 4 is 28.1 Å². The maximum absolute atomic E-state index is 6.21. The fourth-order valence-electron chi connectivity index (χ4n) is 3.16. The number of hydrogen-bond donors (Lipinski definition) is 1. The van der Waals surface area contributed by atoms with Crippen LogP contribution in [0.25, 0.3) is 10.9 Å². The Morgan fingerprint density at radius 2 is 2.04 bits per heavy atom. The molecule has 0 saturated heterocycles. The lowest BCUT2D eigenvalue weighted by Gasteiger charge is -2.29. The Labute approximate surface area is 152 Å². The third-order valence-electron chi connectivity index (χ3n) is 5.48. The first kappa shape index (κ1) is 19.2. The number of hydrogen-bond acceptors (Lipinski definition) is 3. The second kappa shape index (κ2) is 7.38. The molecule has 2 N–H and O–H groups in total. The molecule has 0 aliphatic rings. The lowest BCUT2D eigenvalue weighted by molar-refractivity contribution is 0.259. The van der Waals surface area contributed by atoms with E-state index in [4.69, 9.17) is 10.7 Å². The summed E-state index contributed by atoms with van der Waals surface area (Å²) in [4.78, 5) is 9.40. The van der Waals surface area contributed by atoms with Gasteiger partial charge in [-0.05, 0) is 62.1 Å². The SMILES string of the molecule is C=CC(C)C(C)(C)CC/C(C)=N/c1c(N)nc2cccc(C)c2c1C. The van der Waals surface area contributed by atoms with Crippen molar-refractivity contribution in [3.8, 4) is 0 Å². The van der Waals surface area contributed by atoms with E-state index in [2.05, 4.69) is 59.2 Å². The highest BCUT2D eigenvalue weighted by Gasteiger charge is 2.23. The summed E-state index contributed by atoms with van der Waals surface area (Å²) in [5.74, 6) is 0.978. The number of allylic oxidation sites excluding steroid dienone is 1. The molecule has 134 valence electrons. The number of aromatic nitrogens is 1. The summed E-state index contributed by atoms with van der Waals surface area (Å²) < 4.78 is 0. The Hall–Kier alpha value is -2.16. The first-order valence-corrected chi connectivity index (χ1v) is 8.99. The number of pyridine rings is 1. The van der Waals surface area contributed by atoms with E-state index >= 15 is 0 Å². The predicted octanol–water partition coefficient (Wildman–Crippen LogP) is 6.15. The highest BCUT2D eigenvalue weighted by Crippen LogP contribution is 2.35. The van der Waals surface area contributed by atoms with Crippen molar-refractivity contribution in [3.63, 3.8) is 0 Å². The van der Waals surface area contributed by atoms with Crippen molar-refractivity contribution in [2.24, 2.45) is 16.3 Å². The molecule has 0 spiro atoms. The zero-order valence-corrected chi connectivity index (χ0v) is 16.5. The van der Waals surface area contributed by atoms with Gasteiger partial charge in [0.05, 0.1) is 5.52 Å². The molecule has 0 fully saturated rings. The summed E-state index contributed by atoms with van der Waals surface area (Å²) in [7, 11) is 0. The lowest BCUT2D eigenvalue weighted by Crippen LogP contribution is -2.20. The zero-order valence-electron chi connectivity index (χ0n) is 16.5. The summed E-state index contributed by atoms with van der Waals surface area (Å²) in [5.41, 5.74) is 11.6. The van der Waals surface area contributed by atoms with E-state index in [-0.39, 0.29) is 5.41 Å². The highest BCUT2D eigenvalue weighted by atomic mass is 14.9. The van der Waals surface area contributed by atoms with Crippen LogP contribution in [0.3, 0.4) is 0 Å². The van der Waals surface area contributed by atoms with E-state index in [1.807, 2.05) is 18.2 Å². The van der Waals surface area contributed by atoms with Crippen molar-refractivity contribution in [1.82, 2.24) is 4.98 Å². The molecule has 0 aliphatic carbocycles. The smallest absolute Gasteiger partial charge is 0.150 e. The van der Waals surface area contributed by atoms with Gasteiger partial charge in [-0.1, -0.05) is 39.0 Å². The molecule has 2 aromatic rings. The molecule has 2 rings (SSSR count). The predicted molar refractivity (Wildman–Crippen MR) is 111 cm³/mol. The van der Waals surface area contributed by atoms with Gasteiger partial charge >= 0.3 is 0 Å². The molecule has 1 unspecified atom stereocenters. The van der Waals surface area contributed by atoms with Gasteiger partial charge in [0, 0.05) is 11.1 Å². The minimum absolute atomic E-state index is 0.206. The van der Waals surface area contributed by atoms with Gasteiger partial charge in [-0.15, -0.1) is 6.58 Å². The number of nitrogens with zero attached hydrogens (tertiary/aromatic N) is 2. The van der Waals surface area contributed by atoms with Gasteiger partial charge in [0.15, 0.2) is 0 Å². The standard InChI is InChI=1S/C22H31N3/c1-8-15(3)22(6,7)13-12-16(4)24-20-17(5)19-14(2)10-9-11-18(19)25-21(20)23/h8-11,15H,1,12-13H2,2-7H3,(H2,23,25)/b24-16+. The molecule has 25 heavy (non-hydrogen) atoms. The monoisotopic (exact) mass is 337 g/mol. The summed E-state index contributed by atoms with van der Waals surface area (Å²) in [6, 6.07) is 6.12. The van der Waals surface area contributed by atoms with Crippen molar-refractivity contribution in [1.29, 1.82) is 0 Å². The minimum atomic E-state index is 0.206. The largest absolute Gasteiger partial charge is 0.382 e. The number of aryl methyl sites for hydroxylation is 2. The maximum atomic E-state index is 6.21. The lowest BCUT2D eigenvalue weighted by atomic mass is 9.76. The van der Waals surface area contributed by atoms with Crippen LogP contribution in [0.4, 0.5) is 11.5 Å². The molecule has 0 amide bonds. The molecule has 0 aliphatic heterocycles. The summed E-state index contributed by atoms with van der Waals surface area (Å²) >= 11 is 0. The number of nitrogens with two attached hydrogens (primary N) is 1. The van der Waals surface area contributed by atoms with Crippen LogP contribution in [0.2, 0.25) is 0 Å². The topological polar surface area (TPSA) is 51.3 Å². The third kappa shape index (κ3) is 4.09. The van der Waals surface area contributed by atoms with Gasteiger partial charge < -0.3 is 5.73 Å². The fourth-order valence-corrected chi connectivity index (χ4v) is 3.16. The number of fused-ring (bicyclic) bond motifs is 1. The summed E-state index contributed by atoms with van der Waals surface area (Å²) in [6.45, 7) is 17.0. The number of rotatable bonds is 6. The van der Waals surface area contributed by atoms with Gasteiger partial charge in [0.25, 0.3) is 0 Å². The molecule has 1 aromatic carbocycles. The van der Waals surface area contributed by atoms with Crippen LogP contribution in [0.5, 0.6) is 0 Å². The van der Waals surface area contributed by atoms with Crippen LogP contribution in [-0.2, 0) is 0 Å². The van der Waals surface area contributed by atoms with E-state index in [9.17, 15) is 0 Å². The van der Waals surface area contributed by atoms with Crippen molar-refractivity contribution in [2.45, 2.75) is 54.4 Å². The first-order chi connectivity index (χ1) is 11.7. The van der Waals surface area contributed by atoms with Crippen LogP contribution in [0.1, 0.15) is 51.7 Å². The first-order valence-electron chi connectivity index (χ1n) is 8.99. The van der Waals surface area contributed by atoms with E-state index in [0.29, 0.717) is 11.7 Å². The molecule has 1 heterocycles. The van der Waals surface area contributed by atoms with Crippen LogP contribution >= 0.6 is 0 Å². The van der Waals surface area contributed by atoms with Gasteiger partial charge in [0.1, 0.15) is 11.5 Å². The zero-order chi connectivity index (χ0) is 18.8. The molecule has 1 atom stereocenters. The van der Waals surface area contributed by atoms with E-state index in [1.165, 1.54) is 5.56 Å². The normalized spacial score (nSPS) is 13.9. The molecule has 0 radical (unpaired) electrons. The molecular weight excluding hydrogens is 306 g/mol. The fraction of sp³-hybridized carbons (Fsp3) is 0.455. The summed E-state index contributed by atoms with van der Waals surface area (Å²) in [6.07, 6.45) is 4.04. The quantitative estimate of drug-likeness (QED) is 0.507. The second-order valence-corrected chi connectivity index (χ2v) is 7.80. The Balaban J connectivity index is 2.34. The van der Waals surface area contributed by atoms with Gasteiger partial charge in [-0.2, -0.15) is 0 Å². The molecule has 1 aromatic heterocycles. The van der Waals surface area contributed by atoms with Gasteiger partial charge in [-0.3, -0.25) is 4.99 Å². The Morgan fingerprint density at radius 3 is 2.68 bits per heavy atom. The Kier molecular flexibility index (Phi) is 5.66. The minimum Gasteiger partial charge on any atom is -0.382 e. The third-order valence-corrected chi connectivity index (χ3v) is 5.48. The number of aliphatic imine (C=N–C) groups is 1. The van der Waals surface area contributed by atoms with Crippen LogP contribution in [-0.4, -0.2) is 10.7 Å². The average Bonchev–Trinajstić information content (AvgIpc) is 2.55. The molecule has 3 nitrogen and oxygen atoms in total. The Morgan fingerprint density at radius 1 is 1.36 bits per heavy atom. The molecular formula is C22H31N3. The number of nitrogen functional groups attached to an aromatic ring is 1. The average molecular weight is 338 g/mol. The van der Waals surface area contributed by atoms with Crippen molar-refractivity contribution in [3.05, 3.63) is 42.0 Å². The van der Waals surface area contributed by atoms with E-state index < -0.39 is 0 Å². The highest BCUT2D eigenvalue weighted by molar-refractivity contribution is 5.94. The van der Waals surface area contributed by atoms with Crippen molar-refractivity contribution in [2.75, 3.05) is 5.73 Å². The van der Waals surface area contributed by atoms with E-state index in [0.717, 1.165) is 40.7 Å². The number of anilines is 1. The number of benzene rings is 1. The molecule has 3 heteroatoms. The Bertz CT molecular complexity index is 816. The maximum Gasteiger partial charge on any atom is 0.150 e. The van der Waals surface area contributed by atoms with Gasteiger partial charge in [0.2, 0.25) is 0 Å². The van der Waals surface area contributed by atoms with E-state index in [1.54, 1.807) is 0 Å². The molecule has 0 bridgehead atoms. The second-order valence-electron chi connectivity index (χ2n) is 7.80. The van der Waals surface area contributed by atoms with Crippen LogP contribution < -0.4 is 5.73 Å². The summed E-state index contributed by atoms with van der Waals surface area (Å²) in [5, 5.41) is 1.16. The molecule has 0 saturated carbocycles. The van der Waals surface area contributed by atoms with Crippen molar-refractivity contribution < 1.29 is 0 Å². The van der Waals surface area contributed by atoms with Gasteiger partial charge in [-0.25, -0.2) is 4.98 Å². The van der Waals surface area contributed by atoms with Crippen LogP contribution in [0, 0.1) is 25.2 Å². The van der Waals surface area contributed by atoms with Crippen LogP contribution in [0.15, 0.2) is 35.8 Å².